The van der Waals surface area contributed by atoms with Gasteiger partial charge < -0.3 is 25.8 Å². The molecule has 3 aromatic heterocycles. The van der Waals surface area contributed by atoms with Gasteiger partial charge in [-0.25, -0.2) is 15.0 Å². The highest BCUT2D eigenvalue weighted by Crippen LogP contribution is 2.34. The Balaban J connectivity index is 1.56. The van der Waals surface area contributed by atoms with Gasteiger partial charge in [0.1, 0.15) is 18.4 Å². The second kappa shape index (κ2) is 16.1. The normalized spacial score (nSPS) is 11.5. The summed E-state index contributed by atoms with van der Waals surface area (Å²) in [6.45, 7) is 0.0367. The predicted molar refractivity (Wildman–Crippen MR) is 165 cm³/mol. The first-order chi connectivity index (χ1) is 23.0. The second-order valence-electron chi connectivity index (χ2n) is 9.91. The number of anilines is 3. The molecule has 3 heterocycles. The lowest BCUT2D eigenvalue weighted by Crippen LogP contribution is -2.22. The van der Waals surface area contributed by atoms with Gasteiger partial charge in [-0.1, -0.05) is 6.07 Å². The highest BCUT2D eigenvalue weighted by molar-refractivity contribution is 7.32. The van der Waals surface area contributed by atoms with Crippen molar-refractivity contribution in [2.24, 2.45) is 0 Å². The maximum absolute atomic E-state index is 13.9. The lowest BCUT2D eigenvalue weighted by molar-refractivity contribution is -0.138. The molecule has 0 radical (unpaired) electrons. The van der Waals surface area contributed by atoms with Gasteiger partial charge in [-0.15, -0.1) is 9.42 Å². The Hall–Kier alpha value is -5.21. The van der Waals surface area contributed by atoms with E-state index in [0.29, 0.717) is 36.0 Å². The SMILES string of the molecule is CNC(=O)c1nc(-c2cn(CCCO)nc2C#N)ccc1NCCc1nc(Nc2ccc(CO[P+](=O)O)cc2OC)ncc1C(F)(F)F. The third kappa shape index (κ3) is 8.98. The van der Waals surface area contributed by atoms with E-state index in [0.717, 1.165) is 0 Å². The average molecular weight is 689 g/mol. The van der Waals surface area contributed by atoms with Gasteiger partial charge in [-0.05, 0) is 36.2 Å². The van der Waals surface area contributed by atoms with Crippen LogP contribution in [0.15, 0.2) is 42.7 Å². The largest absolute Gasteiger partial charge is 0.695 e. The van der Waals surface area contributed by atoms with Crippen LogP contribution >= 0.6 is 8.25 Å². The van der Waals surface area contributed by atoms with Crippen LogP contribution in [0.25, 0.3) is 11.3 Å². The first kappa shape index (κ1) is 35.6. The average Bonchev–Trinajstić information content (AvgIpc) is 3.49. The van der Waals surface area contributed by atoms with Gasteiger partial charge in [-0.2, -0.15) is 23.5 Å². The van der Waals surface area contributed by atoms with Gasteiger partial charge in [0.2, 0.25) is 5.95 Å². The third-order valence-electron chi connectivity index (χ3n) is 6.73. The molecule has 0 saturated heterocycles. The molecular weight excluding hydrogens is 658 g/mol. The number of carbonyl (C=O) groups excluding carboxylic acids is 1. The smallest absolute Gasteiger partial charge is 0.495 e. The zero-order valence-corrected chi connectivity index (χ0v) is 26.5. The number of methoxy groups -OCH3 is 1. The van der Waals surface area contributed by atoms with E-state index in [2.05, 4.69) is 36.0 Å². The minimum Gasteiger partial charge on any atom is -0.495 e. The molecule has 19 heteroatoms. The molecular formula is C29H30F3N9O6P+. The molecule has 0 aliphatic heterocycles. The highest BCUT2D eigenvalue weighted by Gasteiger charge is 2.35. The van der Waals surface area contributed by atoms with Crippen molar-refractivity contribution in [1.82, 2.24) is 30.0 Å². The molecule has 1 amide bonds. The number of nitriles is 1. The number of aliphatic hydroxyl groups is 1. The fraction of sp³-hybridized carbons (Fsp3) is 0.310. The third-order valence-corrected chi connectivity index (χ3v) is 7.08. The summed E-state index contributed by atoms with van der Waals surface area (Å²) < 4.78 is 64.1. The van der Waals surface area contributed by atoms with E-state index in [1.165, 1.54) is 37.0 Å². The van der Waals surface area contributed by atoms with Crippen LogP contribution in [0.3, 0.4) is 0 Å². The van der Waals surface area contributed by atoms with E-state index >= 15 is 0 Å². The molecule has 1 atom stereocenters. The number of hydrogen-bond donors (Lipinski definition) is 5. The second-order valence-corrected chi connectivity index (χ2v) is 10.6. The van der Waals surface area contributed by atoms with Crippen molar-refractivity contribution in [3.8, 4) is 23.1 Å². The molecule has 0 fully saturated rings. The van der Waals surface area contributed by atoms with Crippen molar-refractivity contribution in [3.63, 3.8) is 0 Å². The fourth-order valence-electron chi connectivity index (χ4n) is 4.48. The van der Waals surface area contributed by atoms with Gasteiger partial charge in [0.25, 0.3) is 5.91 Å². The number of hydrogen-bond acceptors (Lipinski definition) is 12. The summed E-state index contributed by atoms with van der Waals surface area (Å²) in [6, 6.07) is 9.67. The Kier molecular flexibility index (Phi) is 11.9. The molecule has 4 rings (SSSR count). The van der Waals surface area contributed by atoms with Crippen LogP contribution in [0.4, 0.5) is 30.5 Å². The Morgan fingerprint density at radius 2 is 1.96 bits per heavy atom. The van der Waals surface area contributed by atoms with E-state index in [1.807, 2.05) is 6.07 Å². The molecule has 1 aromatic carbocycles. The summed E-state index contributed by atoms with van der Waals surface area (Å²) >= 11 is 0. The molecule has 48 heavy (non-hydrogen) atoms. The van der Waals surface area contributed by atoms with Crippen LogP contribution in [0, 0.1) is 11.3 Å². The molecule has 15 nitrogen and oxygen atoms in total. The quantitative estimate of drug-likeness (QED) is 0.112. The van der Waals surface area contributed by atoms with Crippen molar-refractivity contribution in [3.05, 3.63) is 70.9 Å². The molecule has 0 saturated carbocycles. The number of ether oxygens (including phenoxy) is 1. The van der Waals surface area contributed by atoms with Crippen molar-refractivity contribution in [2.45, 2.75) is 32.2 Å². The number of carbonyl (C=O) groups is 1. The van der Waals surface area contributed by atoms with Gasteiger partial charge in [0.15, 0.2) is 11.4 Å². The van der Waals surface area contributed by atoms with Crippen molar-refractivity contribution in [1.29, 1.82) is 5.26 Å². The summed E-state index contributed by atoms with van der Waals surface area (Å²) in [5, 5.41) is 31.1. The van der Waals surface area contributed by atoms with Crippen LogP contribution in [0.5, 0.6) is 5.75 Å². The topological polar surface area (TPSA) is 209 Å². The zero-order chi connectivity index (χ0) is 34.8. The molecule has 0 spiro atoms. The summed E-state index contributed by atoms with van der Waals surface area (Å²) in [7, 11) is -0.0473. The number of amides is 1. The van der Waals surface area contributed by atoms with Gasteiger partial charge in [0, 0.05) is 50.1 Å². The van der Waals surface area contributed by atoms with E-state index in [4.69, 9.17) is 19.3 Å². The lowest BCUT2D eigenvalue weighted by Gasteiger charge is -2.16. The molecule has 5 N–H and O–H groups in total. The lowest BCUT2D eigenvalue weighted by atomic mass is 10.1. The molecule has 4 aromatic rings. The van der Waals surface area contributed by atoms with Crippen LogP contribution in [0.2, 0.25) is 0 Å². The summed E-state index contributed by atoms with van der Waals surface area (Å²) in [5.74, 6) is -0.469. The first-order valence-electron chi connectivity index (χ1n) is 14.2. The molecule has 252 valence electrons. The molecule has 1 unspecified atom stereocenters. The molecule has 0 aliphatic carbocycles. The number of aliphatic hydroxyl groups excluding tert-OH is 1. The summed E-state index contributed by atoms with van der Waals surface area (Å²) in [5.41, 5.74) is 0.323. The van der Waals surface area contributed by atoms with E-state index in [1.54, 1.807) is 18.3 Å². The van der Waals surface area contributed by atoms with Gasteiger partial charge in [-0.3, -0.25) is 9.48 Å². The number of nitrogens with zero attached hydrogens (tertiary/aromatic N) is 6. The Morgan fingerprint density at radius 3 is 2.62 bits per heavy atom. The molecule has 0 aliphatic rings. The monoisotopic (exact) mass is 688 g/mol. The zero-order valence-electron chi connectivity index (χ0n) is 25.6. The maximum atomic E-state index is 13.9. The minimum atomic E-state index is -4.75. The number of benzene rings is 1. The number of halogens is 3. The molecule has 0 bridgehead atoms. The van der Waals surface area contributed by atoms with Gasteiger partial charge in [0.05, 0.1) is 41.0 Å². The number of pyridine rings is 1. The van der Waals surface area contributed by atoms with Crippen LogP contribution in [0.1, 0.15) is 39.4 Å². The predicted octanol–water partition coefficient (Wildman–Crippen LogP) is 3.94. The first-order valence-corrected chi connectivity index (χ1v) is 15.3. The number of nitrogens with one attached hydrogen (secondary N) is 3. The maximum Gasteiger partial charge on any atom is 0.695 e. The minimum absolute atomic E-state index is 0.0603. The van der Waals surface area contributed by atoms with Crippen molar-refractivity contribution < 1.29 is 41.8 Å². The van der Waals surface area contributed by atoms with E-state index < -0.39 is 25.9 Å². The fourth-order valence-corrected chi connectivity index (χ4v) is 4.74. The van der Waals surface area contributed by atoms with Crippen LogP contribution < -0.4 is 20.7 Å². The Labute approximate surface area is 272 Å². The number of alkyl halides is 3. The van der Waals surface area contributed by atoms with Gasteiger partial charge >= 0.3 is 14.4 Å². The van der Waals surface area contributed by atoms with E-state index in [-0.39, 0.29) is 66.3 Å². The standard InChI is InChI=1S/C29H29F3N9O6P/c1-34-27(43)26-23(7-6-20(37-26)18-15-41(10-3-11-42)40-24(18)13-33)35-9-8-21-19(29(30,31)32)14-36-28(38-21)39-22-5-4-17(12-25(22)46-2)16-47-48(44)45/h4-7,12,14-15,42H,3,8-11,16H2,1-2H3,(H3-,34,35,36,38,39,43,44,45)/p+1. The van der Waals surface area contributed by atoms with Crippen molar-refractivity contribution in [2.75, 3.05) is 37.9 Å². The Bertz CT molecular complexity index is 1830. The Morgan fingerprint density at radius 1 is 1.19 bits per heavy atom. The van der Waals surface area contributed by atoms with Crippen LogP contribution in [-0.2, 0) is 34.8 Å². The van der Waals surface area contributed by atoms with E-state index in [9.17, 15) is 27.8 Å². The number of aromatic nitrogens is 5. The number of rotatable bonds is 15. The summed E-state index contributed by atoms with van der Waals surface area (Å²) in [6.07, 6.45) is -2.32. The van der Waals surface area contributed by atoms with Crippen molar-refractivity contribution >= 4 is 31.5 Å². The van der Waals surface area contributed by atoms with Crippen LogP contribution in [-0.4, -0.2) is 67.9 Å². The summed E-state index contributed by atoms with van der Waals surface area (Å²) in [4.78, 5) is 34.0. The highest BCUT2D eigenvalue weighted by atomic mass is 31.1. The number of aryl methyl sites for hydroxylation is 1.